The van der Waals surface area contributed by atoms with Crippen molar-refractivity contribution in [2.45, 2.75) is 0 Å². The zero-order valence-electron chi connectivity index (χ0n) is 11.1. The Bertz CT molecular complexity index is 876. The molecule has 21 heavy (non-hydrogen) atoms. The van der Waals surface area contributed by atoms with Gasteiger partial charge in [0.05, 0.1) is 17.3 Å². The van der Waals surface area contributed by atoms with Crippen LogP contribution in [-0.2, 0) is 0 Å². The first-order valence-electron chi connectivity index (χ1n) is 6.43. The van der Waals surface area contributed by atoms with Gasteiger partial charge in [-0.05, 0) is 24.3 Å². The fraction of sp³-hybridized carbons (Fsp3) is 0. The van der Waals surface area contributed by atoms with E-state index in [1.807, 2.05) is 24.3 Å². The Morgan fingerprint density at radius 1 is 1.05 bits per heavy atom. The zero-order chi connectivity index (χ0) is 14.7. The van der Waals surface area contributed by atoms with E-state index >= 15 is 0 Å². The minimum atomic E-state index is -0.225. The van der Waals surface area contributed by atoms with E-state index in [1.165, 1.54) is 0 Å². The normalized spacial score (nSPS) is 10.0. The molecule has 1 aromatic carbocycles. The molecule has 3 aromatic rings. The van der Waals surface area contributed by atoms with Crippen LogP contribution in [0.15, 0.2) is 65.7 Å². The van der Waals surface area contributed by atoms with Crippen molar-refractivity contribution in [2.75, 3.05) is 0 Å². The molecule has 4 heteroatoms. The molecule has 0 fully saturated rings. The van der Waals surface area contributed by atoms with E-state index in [0.29, 0.717) is 16.7 Å². The number of pyridine rings is 2. The van der Waals surface area contributed by atoms with Crippen LogP contribution in [0.1, 0.15) is 5.56 Å². The van der Waals surface area contributed by atoms with Gasteiger partial charge in [-0.1, -0.05) is 24.3 Å². The van der Waals surface area contributed by atoms with Gasteiger partial charge in [-0.3, -0.25) is 9.78 Å². The number of hydrogen-bond donors (Lipinski definition) is 1. The highest BCUT2D eigenvalue weighted by molar-refractivity contribution is 5.74. The van der Waals surface area contributed by atoms with Gasteiger partial charge in [0.25, 0.3) is 5.56 Å². The lowest BCUT2D eigenvalue weighted by molar-refractivity contribution is 1.22. The number of benzene rings is 1. The van der Waals surface area contributed by atoms with Crippen LogP contribution in [0.5, 0.6) is 0 Å². The lowest BCUT2D eigenvalue weighted by Crippen LogP contribution is -2.09. The number of nitrogens with one attached hydrogen (secondary N) is 1. The molecular weight excluding hydrogens is 262 g/mol. The summed E-state index contributed by atoms with van der Waals surface area (Å²) in [6, 6.07) is 16.5. The molecular formula is C17H11N3O. The van der Waals surface area contributed by atoms with Crippen LogP contribution in [0, 0.1) is 11.3 Å². The summed E-state index contributed by atoms with van der Waals surface area (Å²) in [5, 5.41) is 9.18. The van der Waals surface area contributed by atoms with Gasteiger partial charge in [0.2, 0.25) is 0 Å². The van der Waals surface area contributed by atoms with Crippen molar-refractivity contribution in [3.8, 4) is 28.5 Å². The third kappa shape index (κ3) is 2.45. The van der Waals surface area contributed by atoms with E-state index in [4.69, 9.17) is 0 Å². The summed E-state index contributed by atoms with van der Waals surface area (Å²) in [6.45, 7) is 0. The summed E-state index contributed by atoms with van der Waals surface area (Å²) in [6.07, 6.45) is 3.33. The summed E-state index contributed by atoms with van der Waals surface area (Å²) in [5.41, 5.74) is 2.91. The summed E-state index contributed by atoms with van der Waals surface area (Å²) in [7, 11) is 0. The Morgan fingerprint density at radius 2 is 1.86 bits per heavy atom. The van der Waals surface area contributed by atoms with Gasteiger partial charge in [0.15, 0.2) is 0 Å². The molecule has 0 aliphatic heterocycles. The number of H-pyrrole nitrogens is 1. The highest BCUT2D eigenvalue weighted by Crippen LogP contribution is 2.23. The third-order valence-corrected chi connectivity index (χ3v) is 3.20. The van der Waals surface area contributed by atoms with Crippen LogP contribution < -0.4 is 5.56 Å². The lowest BCUT2D eigenvalue weighted by Gasteiger charge is -2.06. The smallest absolute Gasteiger partial charge is 0.255 e. The van der Waals surface area contributed by atoms with Gasteiger partial charge in [0, 0.05) is 29.1 Å². The third-order valence-electron chi connectivity index (χ3n) is 3.20. The van der Waals surface area contributed by atoms with Crippen LogP contribution in [0.3, 0.4) is 0 Å². The second-order valence-electron chi connectivity index (χ2n) is 4.50. The SMILES string of the molecule is N#Cc1ccccc1-c1cc(-c2ccccn2)c[nH]c1=O. The molecule has 0 aliphatic rings. The number of hydrogen-bond acceptors (Lipinski definition) is 3. The monoisotopic (exact) mass is 273 g/mol. The van der Waals surface area contributed by atoms with Crippen LogP contribution in [0.2, 0.25) is 0 Å². The largest absolute Gasteiger partial charge is 0.328 e. The molecule has 3 rings (SSSR count). The van der Waals surface area contributed by atoms with Gasteiger partial charge in [0.1, 0.15) is 0 Å². The zero-order valence-corrected chi connectivity index (χ0v) is 11.1. The van der Waals surface area contributed by atoms with E-state index in [1.54, 1.807) is 36.7 Å². The highest BCUT2D eigenvalue weighted by atomic mass is 16.1. The van der Waals surface area contributed by atoms with Gasteiger partial charge < -0.3 is 4.98 Å². The predicted molar refractivity (Wildman–Crippen MR) is 80.4 cm³/mol. The molecule has 100 valence electrons. The highest BCUT2D eigenvalue weighted by Gasteiger charge is 2.10. The Morgan fingerprint density at radius 3 is 2.62 bits per heavy atom. The van der Waals surface area contributed by atoms with Crippen LogP contribution in [0.25, 0.3) is 22.4 Å². The first-order chi connectivity index (χ1) is 10.3. The van der Waals surface area contributed by atoms with Crippen molar-refractivity contribution in [3.63, 3.8) is 0 Å². The Hall–Kier alpha value is -3.19. The summed E-state index contributed by atoms with van der Waals surface area (Å²) in [4.78, 5) is 19.1. The molecule has 0 atom stereocenters. The average molecular weight is 273 g/mol. The van der Waals surface area contributed by atoms with Crippen molar-refractivity contribution >= 4 is 0 Å². The molecule has 0 bridgehead atoms. The molecule has 4 nitrogen and oxygen atoms in total. The molecule has 0 spiro atoms. The van der Waals surface area contributed by atoms with Crippen molar-refractivity contribution in [2.24, 2.45) is 0 Å². The van der Waals surface area contributed by atoms with Gasteiger partial charge >= 0.3 is 0 Å². The lowest BCUT2D eigenvalue weighted by atomic mass is 10.00. The molecule has 0 saturated carbocycles. The molecule has 0 saturated heterocycles. The maximum atomic E-state index is 12.1. The predicted octanol–water partition coefficient (Wildman–Crippen LogP) is 2.98. The molecule has 2 heterocycles. The van der Waals surface area contributed by atoms with E-state index in [-0.39, 0.29) is 5.56 Å². The summed E-state index contributed by atoms with van der Waals surface area (Å²) < 4.78 is 0. The first kappa shape index (κ1) is 12.8. The molecule has 0 aliphatic carbocycles. The first-order valence-corrected chi connectivity index (χ1v) is 6.43. The number of aromatic amines is 1. The quantitative estimate of drug-likeness (QED) is 0.780. The number of nitriles is 1. The van der Waals surface area contributed by atoms with Crippen LogP contribution in [-0.4, -0.2) is 9.97 Å². The van der Waals surface area contributed by atoms with Gasteiger partial charge in [-0.25, -0.2) is 0 Å². The second kappa shape index (κ2) is 5.43. The summed E-state index contributed by atoms with van der Waals surface area (Å²) in [5.74, 6) is 0. The van der Waals surface area contributed by atoms with Crippen molar-refractivity contribution < 1.29 is 0 Å². The fourth-order valence-corrected chi connectivity index (χ4v) is 2.18. The second-order valence-corrected chi connectivity index (χ2v) is 4.50. The van der Waals surface area contributed by atoms with Crippen LogP contribution >= 0.6 is 0 Å². The van der Waals surface area contributed by atoms with Crippen molar-refractivity contribution in [3.05, 3.63) is 76.8 Å². The summed E-state index contributed by atoms with van der Waals surface area (Å²) >= 11 is 0. The number of nitrogens with zero attached hydrogens (tertiary/aromatic N) is 2. The van der Waals surface area contributed by atoms with E-state index < -0.39 is 0 Å². The van der Waals surface area contributed by atoms with Crippen LogP contribution in [0.4, 0.5) is 0 Å². The standard InChI is InChI=1S/C17H11N3O/c18-10-12-5-1-2-6-14(12)15-9-13(11-20-17(15)21)16-7-3-4-8-19-16/h1-9,11H,(H,20,21). The molecule has 0 amide bonds. The Labute approximate surface area is 121 Å². The minimum Gasteiger partial charge on any atom is -0.328 e. The Kier molecular flexibility index (Phi) is 3.32. The average Bonchev–Trinajstić information content (AvgIpc) is 2.56. The van der Waals surface area contributed by atoms with Crippen molar-refractivity contribution in [1.29, 1.82) is 5.26 Å². The molecule has 1 N–H and O–H groups in total. The topological polar surface area (TPSA) is 69.5 Å². The maximum absolute atomic E-state index is 12.1. The number of aromatic nitrogens is 2. The molecule has 2 aromatic heterocycles. The molecule has 0 unspecified atom stereocenters. The number of rotatable bonds is 2. The van der Waals surface area contributed by atoms with E-state index in [0.717, 1.165) is 11.3 Å². The minimum absolute atomic E-state index is 0.225. The Balaban J connectivity index is 2.20. The van der Waals surface area contributed by atoms with E-state index in [2.05, 4.69) is 16.0 Å². The fourth-order valence-electron chi connectivity index (χ4n) is 2.18. The van der Waals surface area contributed by atoms with E-state index in [9.17, 15) is 10.1 Å². The van der Waals surface area contributed by atoms with Gasteiger partial charge in [-0.2, -0.15) is 5.26 Å². The van der Waals surface area contributed by atoms with Crippen molar-refractivity contribution in [1.82, 2.24) is 9.97 Å². The molecule has 0 radical (unpaired) electrons. The van der Waals surface area contributed by atoms with Gasteiger partial charge in [-0.15, -0.1) is 0 Å². The maximum Gasteiger partial charge on any atom is 0.255 e.